The van der Waals surface area contributed by atoms with Crippen LogP contribution < -0.4 is 20.3 Å². The molecule has 0 saturated carbocycles. The Morgan fingerprint density at radius 1 is 0.735 bits per heavy atom. The molecule has 0 aliphatic heterocycles. The Kier molecular flexibility index (Phi) is 9.59. The Morgan fingerprint density at radius 2 is 1.12 bits per heavy atom. The number of nitrogens with zero attached hydrogens (tertiary/aromatic N) is 1. The Bertz CT molecular complexity index is 1190. The van der Waals surface area contributed by atoms with E-state index < -0.39 is 7.92 Å². The van der Waals surface area contributed by atoms with Gasteiger partial charge in [0.25, 0.3) is 5.82 Å². The summed E-state index contributed by atoms with van der Waals surface area (Å²) in [6.45, 7) is 10.5. The average Bonchev–Trinajstić information content (AvgIpc) is 3.32. The van der Waals surface area contributed by atoms with Crippen LogP contribution >= 0.6 is 19.3 Å². The first-order valence-electron chi connectivity index (χ1n) is 11.5. The van der Waals surface area contributed by atoms with Crippen molar-refractivity contribution in [2.75, 3.05) is 6.61 Å². The molecule has 2 heterocycles. The molecule has 0 aliphatic rings. The van der Waals surface area contributed by atoms with Gasteiger partial charge in [0.05, 0.1) is 0 Å². The maximum Gasteiger partial charge on any atom is 0.257 e. The van der Waals surface area contributed by atoms with Crippen LogP contribution in [0.3, 0.4) is 0 Å². The molecule has 3 aromatic carbocycles. The normalized spacial score (nSPS) is 10.4. The van der Waals surface area contributed by atoms with Gasteiger partial charge >= 0.3 is 0 Å². The van der Waals surface area contributed by atoms with Crippen LogP contribution in [0.5, 0.6) is 0 Å². The van der Waals surface area contributed by atoms with Crippen molar-refractivity contribution in [2.45, 2.75) is 34.6 Å². The van der Waals surface area contributed by atoms with Crippen molar-refractivity contribution in [3.8, 4) is 0 Å². The van der Waals surface area contributed by atoms with Crippen LogP contribution in [0.1, 0.15) is 29.0 Å². The van der Waals surface area contributed by atoms with Crippen molar-refractivity contribution in [3.05, 3.63) is 113 Å². The number of H-pyrrole nitrogens is 1. The molecule has 0 aliphatic carbocycles. The molecule has 0 unspecified atom stereocenters. The van der Waals surface area contributed by atoms with Crippen LogP contribution in [0, 0.1) is 27.7 Å². The topological polar surface area (TPSA) is 40.1 Å². The first kappa shape index (κ1) is 25.8. The summed E-state index contributed by atoms with van der Waals surface area (Å²) in [4.78, 5) is 6.09. The van der Waals surface area contributed by atoms with Crippen LogP contribution in [0.2, 0.25) is 0 Å². The zero-order chi connectivity index (χ0) is 24.5. The molecule has 0 radical (unpaired) electrons. The minimum absolute atomic E-state index is 0.250. The van der Waals surface area contributed by atoms with Gasteiger partial charge in [-0.3, -0.25) is 0 Å². The SMILES string of the molecule is CCO.Cc1sc2c(C)[nH]c(C)[n+]2c1C.c1ccc(P(c2ccccc2)c2ccccc2)cc1. The molecule has 34 heavy (non-hydrogen) atoms. The number of fused-ring (bicyclic) bond motifs is 1. The van der Waals surface area contributed by atoms with Crippen LogP contribution in [-0.4, -0.2) is 16.7 Å². The number of aryl methyl sites for hydroxylation is 4. The van der Waals surface area contributed by atoms with E-state index in [9.17, 15) is 0 Å². The lowest BCUT2D eigenvalue weighted by molar-refractivity contribution is -0.522. The summed E-state index contributed by atoms with van der Waals surface area (Å²) in [6.07, 6.45) is 0. The van der Waals surface area contributed by atoms with Gasteiger partial charge in [0.1, 0.15) is 5.69 Å². The van der Waals surface area contributed by atoms with E-state index in [1.54, 1.807) is 6.92 Å². The second-order valence-electron chi connectivity index (χ2n) is 7.88. The van der Waals surface area contributed by atoms with E-state index in [0.29, 0.717) is 0 Å². The first-order chi connectivity index (χ1) is 16.5. The molecular formula is C29H34N2OPS+. The number of aliphatic hydroxyl groups excluding tert-OH is 1. The summed E-state index contributed by atoms with van der Waals surface area (Å²) in [5.74, 6) is 1.23. The maximum atomic E-state index is 7.57. The van der Waals surface area contributed by atoms with E-state index in [4.69, 9.17) is 5.11 Å². The quantitative estimate of drug-likeness (QED) is 0.255. The zero-order valence-electron chi connectivity index (χ0n) is 20.6. The molecule has 5 rings (SSSR count). The fraction of sp³-hybridized carbons (Fsp3) is 0.207. The number of imidazole rings is 1. The fourth-order valence-corrected chi connectivity index (χ4v) is 7.19. The van der Waals surface area contributed by atoms with Crippen molar-refractivity contribution in [1.82, 2.24) is 4.98 Å². The molecule has 176 valence electrons. The number of rotatable bonds is 3. The van der Waals surface area contributed by atoms with Gasteiger partial charge in [0, 0.05) is 25.3 Å². The van der Waals surface area contributed by atoms with Gasteiger partial charge in [-0.2, -0.15) is 4.40 Å². The molecule has 3 nitrogen and oxygen atoms in total. The van der Waals surface area contributed by atoms with E-state index in [1.807, 2.05) is 11.3 Å². The number of aromatic amines is 1. The van der Waals surface area contributed by atoms with Gasteiger partial charge in [-0.1, -0.05) is 102 Å². The van der Waals surface area contributed by atoms with Crippen molar-refractivity contribution in [2.24, 2.45) is 0 Å². The van der Waals surface area contributed by atoms with E-state index >= 15 is 0 Å². The maximum absolute atomic E-state index is 7.57. The smallest absolute Gasteiger partial charge is 0.257 e. The van der Waals surface area contributed by atoms with Crippen LogP contribution in [0.4, 0.5) is 0 Å². The van der Waals surface area contributed by atoms with Crippen molar-refractivity contribution in [3.63, 3.8) is 0 Å². The minimum Gasteiger partial charge on any atom is -0.397 e. The molecule has 5 heteroatoms. The summed E-state index contributed by atoms with van der Waals surface area (Å²) in [6, 6.07) is 32.3. The van der Waals surface area contributed by atoms with Gasteiger partial charge in [-0.05, 0) is 44.6 Å². The highest BCUT2D eigenvalue weighted by Gasteiger charge is 2.18. The first-order valence-corrected chi connectivity index (χ1v) is 13.7. The van der Waals surface area contributed by atoms with Crippen LogP contribution in [0.25, 0.3) is 4.83 Å². The number of aromatic nitrogens is 2. The fourth-order valence-electron chi connectivity index (χ4n) is 3.78. The standard InChI is InChI=1S/C18H15P.C9H12N2S.C2H6O/c1-4-10-16(11-5-1)19(17-12-6-2-7-13-17)18-14-8-3-9-15-18;1-5-9-11(8(4)10-5)6(2)7(3)12-9;1-2-3/h1-15H;1-4H3;3H,2H2,1H3/p+1. The lowest BCUT2D eigenvalue weighted by atomic mass is 10.4. The van der Waals surface area contributed by atoms with Crippen LogP contribution in [0.15, 0.2) is 91.0 Å². The minimum atomic E-state index is -0.446. The van der Waals surface area contributed by atoms with Crippen LogP contribution in [-0.2, 0) is 0 Å². The summed E-state index contributed by atoms with van der Waals surface area (Å²) in [5.41, 5.74) is 2.63. The second kappa shape index (κ2) is 12.6. The number of thiazole rings is 1. The number of aliphatic hydroxyl groups is 1. The van der Waals surface area contributed by atoms with E-state index in [0.717, 1.165) is 0 Å². The van der Waals surface area contributed by atoms with Crippen molar-refractivity contribution >= 4 is 40.0 Å². The van der Waals surface area contributed by atoms with Gasteiger partial charge in [-0.15, -0.1) is 0 Å². The van der Waals surface area contributed by atoms with Gasteiger partial charge in [0.2, 0.25) is 4.83 Å². The molecule has 2 N–H and O–H groups in total. The number of benzene rings is 3. The molecule has 0 atom stereocenters. The Morgan fingerprint density at radius 3 is 1.47 bits per heavy atom. The lowest BCUT2D eigenvalue weighted by Gasteiger charge is -2.18. The number of hydrogen-bond acceptors (Lipinski definition) is 2. The third-order valence-electron chi connectivity index (χ3n) is 5.37. The van der Waals surface area contributed by atoms with Crippen molar-refractivity contribution in [1.29, 1.82) is 0 Å². The highest BCUT2D eigenvalue weighted by Crippen LogP contribution is 2.32. The highest BCUT2D eigenvalue weighted by molar-refractivity contribution is 7.79. The number of hydrogen-bond donors (Lipinski definition) is 2. The number of nitrogens with one attached hydrogen (secondary N) is 1. The van der Waals surface area contributed by atoms with Gasteiger partial charge in [-0.25, -0.2) is 4.98 Å². The summed E-state index contributed by atoms with van der Waals surface area (Å²) < 4.78 is 2.29. The van der Waals surface area contributed by atoms with E-state index in [-0.39, 0.29) is 6.61 Å². The Labute approximate surface area is 208 Å². The average molecular weight is 490 g/mol. The monoisotopic (exact) mass is 489 g/mol. The predicted octanol–water partition coefficient (Wildman–Crippen LogP) is 5.49. The molecule has 0 fully saturated rings. The Hall–Kier alpha value is -2.78. The molecule has 0 amide bonds. The molecule has 0 bridgehead atoms. The molecule has 5 aromatic rings. The third kappa shape index (κ3) is 6.21. The van der Waals surface area contributed by atoms with Crippen molar-refractivity contribution < 1.29 is 9.51 Å². The van der Waals surface area contributed by atoms with Gasteiger partial charge in [0.15, 0.2) is 5.69 Å². The highest BCUT2D eigenvalue weighted by atomic mass is 32.1. The Balaban J connectivity index is 0.000000185. The lowest BCUT2D eigenvalue weighted by Crippen LogP contribution is -2.23. The molecule has 0 saturated heterocycles. The summed E-state index contributed by atoms with van der Waals surface area (Å²) in [5, 5.41) is 11.8. The predicted molar refractivity (Wildman–Crippen MR) is 149 cm³/mol. The zero-order valence-corrected chi connectivity index (χ0v) is 22.3. The molecule has 0 spiro atoms. The summed E-state index contributed by atoms with van der Waals surface area (Å²) in [7, 11) is -0.446. The second-order valence-corrected chi connectivity index (χ2v) is 11.3. The summed E-state index contributed by atoms with van der Waals surface area (Å²) >= 11 is 1.86. The van der Waals surface area contributed by atoms with Gasteiger partial charge < -0.3 is 5.11 Å². The third-order valence-corrected chi connectivity index (χ3v) is 9.09. The van der Waals surface area contributed by atoms with E-state index in [2.05, 4.69) is 128 Å². The molecular weight excluding hydrogens is 455 g/mol. The largest absolute Gasteiger partial charge is 0.397 e. The van der Waals surface area contributed by atoms with E-state index in [1.165, 1.54) is 42.8 Å². The molecule has 2 aromatic heterocycles.